The maximum absolute atomic E-state index is 12.4. The summed E-state index contributed by atoms with van der Waals surface area (Å²) in [6.45, 7) is 5.18. The Bertz CT molecular complexity index is 773. The number of nitrogens with zero attached hydrogens (tertiary/aromatic N) is 2. The number of piperidine rings is 1. The molecule has 1 saturated carbocycles. The number of hydrogen-bond acceptors (Lipinski definition) is 6. The molecule has 0 bridgehead atoms. The number of nitrogens with two attached hydrogens (primary N) is 1. The Hall–Kier alpha value is -1.78. The molecule has 2 saturated heterocycles. The van der Waals surface area contributed by atoms with E-state index in [1.807, 2.05) is 11.8 Å². The summed E-state index contributed by atoms with van der Waals surface area (Å²) in [7, 11) is 0. The number of aliphatic carboxylic acids is 1. The highest BCUT2D eigenvalue weighted by Crippen LogP contribution is 2.53. The molecule has 30 heavy (non-hydrogen) atoms. The van der Waals surface area contributed by atoms with E-state index < -0.39 is 18.0 Å². The van der Waals surface area contributed by atoms with Crippen molar-refractivity contribution in [3.05, 3.63) is 10.6 Å². The molecule has 0 aromatic rings. The lowest BCUT2D eigenvalue weighted by atomic mass is 9.79. The van der Waals surface area contributed by atoms with Crippen molar-refractivity contribution in [3.8, 4) is 0 Å². The molecule has 4 atom stereocenters. The normalized spacial score (nSPS) is 35.0. The molecule has 10 heteroatoms. The quantitative estimate of drug-likeness (QED) is 0.228. The average molecular weight is 438 g/mol. The van der Waals surface area contributed by atoms with Crippen molar-refractivity contribution in [2.75, 3.05) is 13.1 Å². The summed E-state index contributed by atoms with van der Waals surface area (Å²) in [5.41, 5.74) is 5.67. The van der Waals surface area contributed by atoms with E-state index in [1.165, 1.54) is 4.90 Å². The highest BCUT2D eigenvalue weighted by Gasteiger charge is 2.60. The monoisotopic (exact) mass is 437 g/mol. The number of rotatable bonds is 6. The Morgan fingerprint density at radius 3 is 2.47 bits per heavy atom. The first-order chi connectivity index (χ1) is 14.2. The second kappa shape index (κ2) is 8.05. The van der Waals surface area contributed by atoms with Crippen LogP contribution in [0.1, 0.15) is 39.5 Å². The first-order valence-corrected chi connectivity index (χ1v) is 11.6. The van der Waals surface area contributed by atoms with Gasteiger partial charge in [0, 0.05) is 41.2 Å². The van der Waals surface area contributed by atoms with Gasteiger partial charge in [-0.15, -0.1) is 11.8 Å². The lowest BCUT2D eigenvalue weighted by molar-refractivity contribution is -0.163. The topological polar surface area (TPSA) is 143 Å². The van der Waals surface area contributed by atoms with Gasteiger partial charge in [0.15, 0.2) is 5.96 Å². The summed E-state index contributed by atoms with van der Waals surface area (Å²) in [4.78, 5) is 28.4. The first kappa shape index (κ1) is 21.5. The number of likely N-dealkylation sites (tertiary alicyclic amines) is 1. The fraction of sp³-hybridized carbons (Fsp3) is 0.750. The van der Waals surface area contributed by atoms with Crippen LogP contribution in [0.25, 0.3) is 0 Å². The highest BCUT2D eigenvalue weighted by molar-refractivity contribution is 8.03. The zero-order chi connectivity index (χ0) is 21.7. The average Bonchev–Trinajstić information content (AvgIpc) is 2.89. The van der Waals surface area contributed by atoms with Crippen LogP contribution in [0.2, 0.25) is 0 Å². The number of guanidine groups is 1. The minimum absolute atomic E-state index is 0.0682. The largest absolute Gasteiger partial charge is 0.477 e. The molecular weight excluding hydrogens is 406 g/mol. The maximum atomic E-state index is 12.4. The number of carbonyl (C=O) groups excluding carboxylic acids is 1. The fourth-order valence-corrected chi connectivity index (χ4v) is 6.94. The van der Waals surface area contributed by atoms with Crippen LogP contribution in [-0.2, 0) is 9.59 Å². The second-order valence-electron chi connectivity index (χ2n) is 8.99. The van der Waals surface area contributed by atoms with Crippen molar-refractivity contribution in [3.63, 3.8) is 0 Å². The second-order valence-corrected chi connectivity index (χ2v) is 10.3. The van der Waals surface area contributed by atoms with Gasteiger partial charge < -0.3 is 31.1 Å². The summed E-state index contributed by atoms with van der Waals surface area (Å²) in [6, 6.07) is 0.611. The van der Waals surface area contributed by atoms with Crippen LogP contribution in [0.4, 0.5) is 0 Å². The summed E-state index contributed by atoms with van der Waals surface area (Å²) >= 11 is 1.60. The van der Waals surface area contributed by atoms with Crippen molar-refractivity contribution in [1.29, 1.82) is 5.41 Å². The number of β-lactam (4-membered cyclic amide) rings is 1. The minimum Gasteiger partial charge on any atom is -0.477 e. The summed E-state index contributed by atoms with van der Waals surface area (Å²) in [5.74, 6) is -1.77. The van der Waals surface area contributed by atoms with Crippen LogP contribution < -0.4 is 11.1 Å². The molecule has 4 aliphatic rings. The van der Waals surface area contributed by atoms with Gasteiger partial charge in [0.25, 0.3) is 0 Å². The van der Waals surface area contributed by atoms with Gasteiger partial charge >= 0.3 is 5.97 Å². The summed E-state index contributed by atoms with van der Waals surface area (Å²) in [5, 5.41) is 31.2. The van der Waals surface area contributed by atoms with E-state index in [4.69, 9.17) is 11.1 Å². The van der Waals surface area contributed by atoms with Gasteiger partial charge in [0.1, 0.15) is 5.70 Å². The van der Waals surface area contributed by atoms with Crippen molar-refractivity contribution < 1.29 is 19.8 Å². The van der Waals surface area contributed by atoms with Crippen molar-refractivity contribution in [2.24, 2.45) is 17.6 Å². The van der Waals surface area contributed by atoms with Gasteiger partial charge in [-0.1, -0.05) is 6.92 Å². The zero-order valence-electron chi connectivity index (χ0n) is 17.4. The lowest BCUT2D eigenvalue weighted by Gasteiger charge is -2.46. The Morgan fingerprint density at radius 1 is 1.30 bits per heavy atom. The van der Waals surface area contributed by atoms with Crippen LogP contribution in [-0.4, -0.2) is 80.4 Å². The van der Waals surface area contributed by atoms with Crippen LogP contribution in [0.5, 0.6) is 0 Å². The van der Waals surface area contributed by atoms with E-state index in [0.29, 0.717) is 17.3 Å². The molecule has 1 aliphatic carbocycles. The van der Waals surface area contributed by atoms with E-state index in [1.54, 1.807) is 18.7 Å². The third-order valence-corrected chi connectivity index (χ3v) is 8.54. The molecule has 0 radical (unpaired) electrons. The number of nitrogens with one attached hydrogen (secondary N) is 2. The number of carbonyl (C=O) groups is 2. The molecule has 4 rings (SSSR count). The molecule has 3 aliphatic heterocycles. The number of thioether (sulfide) groups is 1. The third-order valence-electron chi connectivity index (χ3n) is 7.01. The predicted molar refractivity (Wildman–Crippen MR) is 114 cm³/mol. The molecule has 166 valence electrons. The number of carboxylic acids is 1. The standard InChI is InChI=1S/C20H31N5O4S/c1-9-15-14(10(2)26)18(27)25(15)16(19(28)29)17(9)30-13-7-12(8-13)23-11-3-5-24(6-4-11)20(21)22/h9-15,23,26H,3-8H2,1-2H3,(H3,21,22)(H,28,29)/t9-,10-,12?,13?,14-,15-/m1/s1. The molecule has 0 spiro atoms. The summed E-state index contributed by atoms with van der Waals surface area (Å²) in [6.07, 6.45) is 3.11. The van der Waals surface area contributed by atoms with E-state index in [2.05, 4.69) is 5.32 Å². The van der Waals surface area contributed by atoms with Crippen LogP contribution in [0.15, 0.2) is 10.6 Å². The predicted octanol–water partition coefficient (Wildman–Crippen LogP) is 0.352. The van der Waals surface area contributed by atoms with Gasteiger partial charge in [-0.3, -0.25) is 10.2 Å². The van der Waals surface area contributed by atoms with E-state index >= 15 is 0 Å². The number of fused-ring (bicyclic) bond motifs is 1. The minimum atomic E-state index is -1.06. The molecular formula is C20H31N5O4S. The van der Waals surface area contributed by atoms with E-state index in [0.717, 1.165) is 43.7 Å². The first-order valence-electron chi connectivity index (χ1n) is 10.7. The van der Waals surface area contributed by atoms with Crippen molar-refractivity contribution in [1.82, 2.24) is 15.1 Å². The molecule has 9 nitrogen and oxygen atoms in total. The Kier molecular flexibility index (Phi) is 5.75. The molecule has 6 N–H and O–H groups in total. The Labute approximate surface area is 180 Å². The number of hydrogen-bond donors (Lipinski definition) is 5. The smallest absolute Gasteiger partial charge is 0.353 e. The lowest BCUT2D eigenvalue weighted by Crippen LogP contribution is -2.63. The number of amides is 1. The summed E-state index contributed by atoms with van der Waals surface area (Å²) < 4.78 is 0. The Morgan fingerprint density at radius 2 is 1.93 bits per heavy atom. The molecule has 1 amide bonds. The van der Waals surface area contributed by atoms with E-state index in [9.17, 15) is 19.8 Å². The number of aliphatic hydroxyl groups excluding tert-OH is 1. The van der Waals surface area contributed by atoms with Crippen molar-refractivity contribution >= 4 is 29.6 Å². The van der Waals surface area contributed by atoms with Crippen LogP contribution >= 0.6 is 11.8 Å². The maximum Gasteiger partial charge on any atom is 0.353 e. The third kappa shape index (κ3) is 3.58. The number of carboxylic acid groups (broad SMARTS) is 1. The molecule has 0 aromatic carbocycles. The van der Waals surface area contributed by atoms with E-state index in [-0.39, 0.29) is 29.5 Å². The molecule has 3 heterocycles. The Balaban J connectivity index is 1.32. The van der Waals surface area contributed by atoms with Crippen molar-refractivity contribution in [2.45, 2.75) is 69.0 Å². The van der Waals surface area contributed by atoms with Gasteiger partial charge in [0.05, 0.1) is 18.1 Å². The van der Waals surface area contributed by atoms with Gasteiger partial charge in [0.2, 0.25) is 5.91 Å². The molecule has 3 fully saturated rings. The van der Waals surface area contributed by atoms with Crippen LogP contribution in [0, 0.1) is 17.2 Å². The molecule has 0 aromatic heterocycles. The SMILES string of the molecule is C[C@@H](O)[C@H]1C(=O)N2C(C(=O)O)=C(SC3CC(NC4CCN(C(=N)N)CC4)C3)[C@H](C)[C@H]12. The fourth-order valence-electron chi connectivity index (χ4n) is 5.28. The van der Waals surface area contributed by atoms with Crippen LogP contribution in [0.3, 0.4) is 0 Å². The number of aliphatic hydroxyl groups is 1. The van der Waals surface area contributed by atoms with Gasteiger partial charge in [-0.05, 0) is 32.6 Å². The molecule has 0 unspecified atom stereocenters. The van der Waals surface area contributed by atoms with Gasteiger partial charge in [-0.2, -0.15) is 0 Å². The zero-order valence-corrected chi connectivity index (χ0v) is 18.2. The van der Waals surface area contributed by atoms with Gasteiger partial charge in [-0.25, -0.2) is 4.79 Å². The highest BCUT2D eigenvalue weighted by atomic mass is 32.2.